The fraction of sp³-hybridized carbons (Fsp3) is 0.150. The maximum atomic E-state index is 12.7. The molecule has 0 radical (unpaired) electrons. The summed E-state index contributed by atoms with van der Waals surface area (Å²) in [6.45, 7) is 2.19. The Morgan fingerprint density at radius 1 is 1.15 bits per heavy atom. The SMILES string of the molecule is CC(NC(=O)Cn1c(-c2cscn2)nc2ccccc21)c1ccccc1. The van der Waals surface area contributed by atoms with E-state index in [1.807, 2.05) is 71.5 Å². The van der Waals surface area contributed by atoms with Crippen molar-refractivity contribution >= 4 is 28.3 Å². The zero-order valence-corrected chi connectivity index (χ0v) is 15.1. The average molecular weight is 362 g/mol. The molecule has 0 saturated carbocycles. The zero-order valence-electron chi connectivity index (χ0n) is 14.3. The number of para-hydroxylation sites is 2. The molecule has 26 heavy (non-hydrogen) atoms. The zero-order chi connectivity index (χ0) is 17.9. The summed E-state index contributed by atoms with van der Waals surface area (Å²) in [6, 6.07) is 17.7. The maximum Gasteiger partial charge on any atom is 0.240 e. The Morgan fingerprint density at radius 2 is 1.92 bits per heavy atom. The minimum Gasteiger partial charge on any atom is -0.348 e. The maximum absolute atomic E-state index is 12.7. The fourth-order valence-corrected chi connectivity index (χ4v) is 3.54. The van der Waals surface area contributed by atoms with E-state index in [2.05, 4.69) is 15.3 Å². The number of imidazole rings is 1. The van der Waals surface area contributed by atoms with Crippen LogP contribution in [0.4, 0.5) is 0 Å². The molecule has 0 spiro atoms. The molecule has 2 aromatic carbocycles. The molecular weight excluding hydrogens is 344 g/mol. The minimum atomic E-state index is -0.0546. The van der Waals surface area contributed by atoms with E-state index >= 15 is 0 Å². The van der Waals surface area contributed by atoms with Crippen molar-refractivity contribution in [1.29, 1.82) is 0 Å². The van der Waals surface area contributed by atoms with Gasteiger partial charge in [0.2, 0.25) is 5.91 Å². The van der Waals surface area contributed by atoms with Gasteiger partial charge < -0.3 is 9.88 Å². The number of hydrogen-bond acceptors (Lipinski definition) is 4. The summed E-state index contributed by atoms with van der Waals surface area (Å²) in [5, 5.41) is 5.01. The highest BCUT2D eigenvalue weighted by Gasteiger charge is 2.17. The van der Waals surface area contributed by atoms with Gasteiger partial charge in [-0.15, -0.1) is 11.3 Å². The number of thiazole rings is 1. The first-order chi connectivity index (χ1) is 12.7. The summed E-state index contributed by atoms with van der Waals surface area (Å²) in [6.07, 6.45) is 0. The van der Waals surface area contributed by atoms with Gasteiger partial charge in [-0.25, -0.2) is 9.97 Å². The number of carbonyl (C=O) groups is 1. The van der Waals surface area contributed by atoms with Crippen LogP contribution in [0.2, 0.25) is 0 Å². The van der Waals surface area contributed by atoms with Crippen molar-refractivity contribution in [3.63, 3.8) is 0 Å². The quantitative estimate of drug-likeness (QED) is 0.583. The summed E-state index contributed by atoms with van der Waals surface area (Å²) in [4.78, 5) is 21.7. The van der Waals surface area contributed by atoms with Crippen molar-refractivity contribution in [3.05, 3.63) is 71.1 Å². The van der Waals surface area contributed by atoms with E-state index in [9.17, 15) is 4.79 Å². The first-order valence-electron chi connectivity index (χ1n) is 8.40. The van der Waals surface area contributed by atoms with Gasteiger partial charge in [-0.2, -0.15) is 0 Å². The topological polar surface area (TPSA) is 59.8 Å². The van der Waals surface area contributed by atoms with Crippen LogP contribution in [0.5, 0.6) is 0 Å². The van der Waals surface area contributed by atoms with Crippen molar-refractivity contribution in [1.82, 2.24) is 19.9 Å². The third-order valence-electron chi connectivity index (χ3n) is 4.29. The Morgan fingerprint density at radius 3 is 2.69 bits per heavy atom. The predicted octanol–water partition coefficient (Wildman–Crippen LogP) is 4.04. The van der Waals surface area contributed by atoms with E-state index in [-0.39, 0.29) is 18.5 Å². The lowest BCUT2D eigenvalue weighted by molar-refractivity contribution is -0.122. The Balaban J connectivity index is 1.62. The lowest BCUT2D eigenvalue weighted by Gasteiger charge is -2.15. The van der Waals surface area contributed by atoms with E-state index in [1.165, 1.54) is 11.3 Å². The lowest BCUT2D eigenvalue weighted by Crippen LogP contribution is -2.30. The highest BCUT2D eigenvalue weighted by molar-refractivity contribution is 7.07. The number of rotatable bonds is 5. The molecule has 4 rings (SSSR count). The number of nitrogens with one attached hydrogen (secondary N) is 1. The summed E-state index contributed by atoms with van der Waals surface area (Å²) in [5.41, 5.74) is 5.43. The van der Waals surface area contributed by atoms with E-state index in [0.29, 0.717) is 0 Å². The molecule has 2 heterocycles. The van der Waals surface area contributed by atoms with Crippen molar-refractivity contribution in [3.8, 4) is 11.5 Å². The molecule has 0 aliphatic rings. The molecule has 1 atom stereocenters. The van der Waals surface area contributed by atoms with Crippen LogP contribution in [0.1, 0.15) is 18.5 Å². The first kappa shape index (κ1) is 16.5. The Hall–Kier alpha value is -2.99. The molecule has 0 aliphatic heterocycles. The molecule has 0 fully saturated rings. The molecule has 0 saturated heterocycles. The Labute approximate surface area is 155 Å². The van der Waals surface area contributed by atoms with E-state index < -0.39 is 0 Å². The van der Waals surface area contributed by atoms with Gasteiger partial charge in [0, 0.05) is 5.38 Å². The molecule has 1 unspecified atom stereocenters. The van der Waals surface area contributed by atoms with Crippen molar-refractivity contribution in [2.24, 2.45) is 0 Å². The molecule has 130 valence electrons. The van der Waals surface area contributed by atoms with Crippen LogP contribution in [-0.2, 0) is 11.3 Å². The van der Waals surface area contributed by atoms with Gasteiger partial charge in [-0.1, -0.05) is 42.5 Å². The molecule has 0 aliphatic carbocycles. The normalized spacial score (nSPS) is 12.2. The largest absolute Gasteiger partial charge is 0.348 e. The van der Waals surface area contributed by atoms with Gasteiger partial charge >= 0.3 is 0 Å². The third kappa shape index (κ3) is 3.23. The van der Waals surface area contributed by atoms with E-state index in [4.69, 9.17) is 0 Å². The van der Waals surface area contributed by atoms with Crippen molar-refractivity contribution < 1.29 is 4.79 Å². The lowest BCUT2D eigenvalue weighted by atomic mass is 10.1. The molecule has 2 aromatic heterocycles. The van der Waals surface area contributed by atoms with Gasteiger partial charge in [0.15, 0.2) is 5.82 Å². The molecule has 5 nitrogen and oxygen atoms in total. The van der Waals surface area contributed by atoms with Crippen LogP contribution in [-0.4, -0.2) is 20.4 Å². The van der Waals surface area contributed by atoms with Gasteiger partial charge in [-0.05, 0) is 24.6 Å². The second kappa shape index (κ2) is 7.09. The number of hydrogen-bond donors (Lipinski definition) is 1. The van der Waals surface area contributed by atoms with Crippen LogP contribution in [0.25, 0.3) is 22.6 Å². The highest BCUT2D eigenvalue weighted by atomic mass is 32.1. The monoisotopic (exact) mass is 362 g/mol. The standard InChI is InChI=1S/C20H18N4OS/c1-14(15-7-3-2-4-8-15)22-19(25)11-24-18-10-6-5-9-16(18)23-20(24)17-12-26-13-21-17/h2-10,12-14H,11H2,1H3,(H,22,25). The van der Waals surface area contributed by atoms with Crippen LogP contribution in [0, 0.1) is 0 Å². The molecule has 6 heteroatoms. The van der Waals surface area contributed by atoms with Crippen molar-refractivity contribution in [2.75, 3.05) is 0 Å². The number of nitrogens with zero attached hydrogens (tertiary/aromatic N) is 3. The summed E-state index contributed by atoms with van der Waals surface area (Å²) < 4.78 is 1.93. The second-order valence-electron chi connectivity index (χ2n) is 6.08. The van der Waals surface area contributed by atoms with Gasteiger partial charge in [0.1, 0.15) is 12.2 Å². The van der Waals surface area contributed by atoms with Crippen molar-refractivity contribution in [2.45, 2.75) is 19.5 Å². The van der Waals surface area contributed by atoms with Crippen LogP contribution >= 0.6 is 11.3 Å². The smallest absolute Gasteiger partial charge is 0.240 e. The first-order valence-corrected chi connectivity index (χ1v) is 9.35. The van der Waals surface area contributed by atoms with Gasteiger partial charge in [0.25, 0.3) is 0 Å². The molecular formula is C20H18N4OS. The number of aromatic nitrogens is 3. The average Bonchev–Trinajstić information content (AvgIpc) is 3.31. The number of amides is 1. The molecule has 4 aromatic rings. The van der Waals surface area contributed by atoms with Gasteiger partial charge in [-0.3, -0.25) is 4.79 Å². The van der Waals surface area contributed by atoms with Crippen LogP contribution in [0.3, 0.4) is 0 Å². The van der Waals surface area contributed by atoms with E-state index in [0.717, 1.165) is 28.1 Å². The fourth-order valence-electron chi connectivity index (χ4n) is 3.01. The number of carbonyl (C=O) groups excluding carboxylic acids is 1. The second-order valence-corrected chi connectivity index (χ2v) is 6.80. The predicted molar refractivity (Wildman–Crippen MR) is 104 cm³/mol. The van der Waals surface area contributed by atoms with Gasteiger partial charge in [0.05, 0.1) is 22.6 Å². The summed E-state index contributed by atoms with van der Waals surface area (Å²) >= 11 is 1.51. The van der Waals surface area contributed by atoms with Crippen LogP contribution in [0.15, 0.2) is 65.5 Å². The highest BCUT2D eigenvalue weighted by Crippen LogP contribution is 2.24. The number of benzene rings is 2. The summed E-state index contributed by atoms with van der Waals surface area (Å²) in [7, 11) is 0. The Kier molecular flexibility index (Phi) is 4.50. The summed E-state index contributed by atoms with van der Waals surface area (Å²) in [5.74, 6) is 0.663. The third-order valence-corrected chi connectivity index (χ3v) is 4.88. The molecule has 1 N–H and O–H groups in total. The minimum absolute atomic E-state index is 0.0544. The number of fused-ring (bicyclic) bond motifs is 1. The van der Waals surface area contributed by atoms with E-state index in [1.54, 1.807) is 5.51 Å². The van der Waals surface area contributed by atoms with Crippen LogP contribution < -0.4 is 5.32 Å². The Bertz CT molecular complexity index is 1020. The molecule has 1 amide bonds. The molecule has 0 bridgehead atoms.